The van der Waals surface area contributed by atoms with E-state index in [2.05, 4.69) is 5.32 Å². The Balaban J connectivity index is 2.93. The van der Waals surface area contributed by atoms with Crippen molar-refractivity contribution in [3.8, 4) is 0 Å². The van der Waals surface area contributed by atoms with Crippen molar-refractivity contribution < 1.29 is 14.3 Å². The van der Waals surface area contributed by atoms with Gasteiger partial charge in [0.1, 0.15) is 0 Å². The predicted molar refractivity (Wildman–Crippen MR) is 65.8 cm³/mol. The van der Waals surface area contributed by atoms with Gasteiger partial charge in [-0.3, -0.25) is 4.79 Å². The minimum atomic E-state index is -1.34. The number of hydrogen-bond donors (Lipinski definition) is 1. The van der Waals surface area contributed by atoms with Crippen molar-refractivity contribution >= 4 is 17.4 Å². The molecule has 0 aliphatic heterocycles. The number of anilines is 1. The van der Waals surface area contributed by atoms with Crippen molar-refractivity contribution in [3.05, 3.63) is 30.3 Å². The smallest absolute Gasteiger partial charge is 0.339 e. The summed E-state index contributed by atoms with van der Waals surface area (Å²) >= 11 is 0. The molecule has 0 fully saturated rings. The van der Waals surface area contributed by atoms with Gasteiger partial charge in [0.05, 0.1) is 6.61 Å². The Bertz CT molecular complexity index is 402. The lowest BCUT2D eigenvalue weighted by atomic mass is 9.97. The van der Waals surface area contributed by atoms with Gasteiger partial charge in [0.2, 0.25) is 0 Å². The average molecular weight is 235 g/mol. The van der Waals surface area contributed by atoms with Crippen LogP contribution in [0.2, 0.25) is 0 Å². The van der Waals surface area contributed by atoms with Gasteiger partial charge < -0.3 is 10.1 Å². The first kappa shape index (κ1) is 13.2. The van der Waals surface area contributed by atoms with Crippen LogP contribution in [0.1, 0.15) is 20.8 Å². The minimum Gasteiger partial charge on any atom is -0.464 e. The Morgan fingerprint density at radius 2 is 1.88 bits per heavy atom. The van der Waals surface area contributed by atoms with E-state index in [0.717, 1.165) is 0 Å². The second-order valence-corrected chi connectivity index (χ2v) is 3.89. The number of benzene rings is 1. The first-order valence-corrected chi connectivity index (χ1v) is 5.52. The largest absolute Gasteiger partial charge is 0.464 e. The van der Waals surface area contributed by atoms with Crippen LogP contribution >= 0.6 is 0 Å². The number of rotatable bonds is 5. The van der Waals surface area contributed by atoms with Crippen molar-refractivity contribution in [3.63, 3.8) is 0 Å². The molecule has 1 rings (SSSR count). The molecule has 0 spiro atoms. The van der Waals surface area contributed by atoms with Crippen LogP contribution in [0.25, 0.3) is 0 Å². The summed E-state index contributed by atoms with van der Waals surface area (Å²) in [5.41, 5.74) is -0.629. The molecule has 0 aliphatic carbocycles. The SMILES string of the molecule is CCOC(=O)C(C)(Nc1ccccc1)C(C)=O. The van der Waals surface area contributed by atoms with Gasteiger partial charge in [-0.15, -0.1) is 0 Å². The van der Waals surface area contributed by atoms with E-state index in [-0.39, 0.29) is 12.4 Å². The van der Waals surface area contributed by atoms with Crippen LogP contribution in [0.3, 0.4) is 0 Å². The van der Waals surface area contributed by atoms with E-state index in [1.807, 2.05) is 18.2 Å². The number of para-hydroxylation sites is 1. The van der Waals surface area contributed by atoms with E-state index in [1.165, 1.54) is 13.8 Å². The summed E-state index contributed by atoms with van der Waals surface area (Å²) in [5, 5.41) is 2.92. The number of ketones is 1. The molecule has 0 saturated heterocycles. The number of nitrogens with one attached hydrogen (secondary N) is 1. The molecule has 0 radical (unpaired) electrons. The second-order valence-electron chi connectivity index (χ2n) is 3.89. The maximum absolute atomic E-state index is 11.8. The van der Waals surface area contributed by atoms with Crippen molar-refractivity contribution in [2.45, 2.75) is 26.3 Å². The van der Waals surface area contributed by atoms with E-state index < -0.39 is 11.5 Å². The quantitative estimate of drug-likeness (QED) is 0.626. The van der Waals surface area contributed by atoms with Gasteiger partial charge in [0, 0.05) is 5.69 Å². The highest BCUT2D eigenvalue weighted by molar-refractivity contribution is 6.09. The van der Waals surface area contributed by atoms with Crippen LogP contribution in [0.5, 0.6) is 0 Å². The molecular formula is C13H17NO3. The van der Waals surface area contributed by atoms with Gasteiger partial charge in [-0.05, 0) is 32.9 Å². The molecule has 1 aromatic carbocycles. The number of esters is 1. The van der Waals surface area contributed by atoms with E-state index >= 15 is 0 Å². The van der Waals surface area contributed by atoms with Crippen LogP contribution in [0.15, 0.2) is 30.3 Å². The molecule has 0 heterocycles. The van der Waals surface area contributed by atoms with E-state index in [9.17, 15) is 9.59 Å². The van der Waals surface area contributed by atoms with Gasteiger partial charge in [0.25, 0.3) is 0 Å². The zero-order valence-corrected chi connectivity index (χ0v) is 10.3. The van der Waals surface area contributed by atoms with Gasteiger partial charge in [0.15, 0.2) is 11.3 Å². The highest BCUT2D eigenvalue weighted by atomic mass is 16.5. The third kappa shape index (κ3) is 3.06. The molecule has 4 heteroatoms. The third-order valence-electron chi connectivity index (χ3n) is 2.56. The zero-order valence-electron chi connectivity index (χ0n) is 10.3. The molecule has 0 saturated carbocycles. The van der Waals surface area contributed by atoms with E-state index in [1.54, 1.807) is 19.1 Å². The van der Waals surface area contributed by atoms with Crippen LogP contribution in [0, 0.1) is 0 Å². The molecule has 0 bridgehead atoms. The fourth-order valence-electron chi connectivity index (χ4n) is 1.37. The van der Waals surface area contributed by atoms with Crippen molar-refractivity contribution in [2.75, 3.05) is 11.9 Å². The number of hydrogen-bond acceptors (Lipinski definition) is 4. The molecule has 0 amide bonds. The number of ether oxygens (including phenoxy) is 1. The number of carbonyl (C=O) groups excluding carboxylic acids is 2. The Hall–Kier alpha value is -1.84. The summed E-state index contributed by atoms with van der Waals surface area (Å²) in [7, 11) is 0. The lowest BCUT2D eigenvalue weighted by Crippen LogP contribution is -2.50. The molecule has 0 aromatic heterocycles. The first-order chi connectivity index (χ1) is 8.00. The van der Waals surface area contributed by atoms with Crippen molar-refractivity contribution in [1.29, 1.82) is 0 Å². The molecule has 17 heavy (non-hydrogen) atoms. The summed E-state index contributed by atoms with van der Waals surface area (Å²) in [6.45, 7) is 4.85. The normalized spacial score (nSPS) is 13.6. The third-order valence-corrected chi connectivity index (χ3v) is 2.56. The Labute approximate surface area is 101 Å². The molecule has 0 aliphatic rings. The number of Topliss-reactive ketones (excluding diaryl/α,β-unsaturated/α-hetero) is 1. The molecule has 1 aromatic rings. The molecular weight excluding hydrogens is 218 g/mol. The van der Waals surface area contributed by atoms with Crippen LogP contribution < -0.4 is 5.32 Å². The summed E-state index contributed by atoms with van der Waals surface area (Å²) in [5.74, 6) is -0.837. The fourth-order valence-corrected chi connectivity index (χ4v) is 1.37. The van der Waals surface area contributed by atoms with Crippen molar-refractivity contribution in [1.82, 2.24) is 0 Å². The standard InChI is InChI=1S/C13H17NO3/c1-4-17-12(16)13(3,10(2)15)14-11-8-6-5-7-9-11/h5-9,14H,4H2,1-3H3. The van der Waals surface area contributed by atoms with Gasteiger partial charge >= 0.3 is 5.97 Å². The Kier molecular flexibility index (Phi) is 4.26. The Morgan fingerprint density at radius 1 is 1.29 bits per heavy atom. The number of carbonyl (C=O) groups is 2. The average Bonchev–Trinajstić information content (AvgIpc) is 2.30. The van der Waals surface area contributed by atoms with Crippen LogP contribution in [0.4, 0.5) is 5.69 Å². The summed E-state index contributed by atoms with van der Waals surface area (Å²) in [6.07, 6.45) is 0. The molecule has 4 nitrogen and oxygen atoms in total. The van der Waals surface area contributed by atoms with Gasteiger partial charge in [-0.2, -0.15) is 0 Å². The fraction of sp³-hybridized carbons (Fsp3) is 0.385. The molecule has 1 unspecified atom stereocenters. The van der Waals surface area contributed by atoms with Crippen LogP contribution in [-0.4, -0.2) is 23.9 Å². The zero-order chi connectivity index (χ0) is 12.9. The molecule has 1 atom stereocenters. The highest BCUT2D eigenvalue weighted by Gasteiger charge is 2.39. The Morgan fingerprint density at radius 3 is 2.35 bits per heavy atom. The predicted octanol–water partition coefficient (Wildman–Crippen LogP) is 2.01. The lowest BCUT2D eigenvalue weighted by molar-refractivity contribution is -0.151. The monoisotopic (exact) mass is 235 g/mol. The summed E-state index contributed by atoms with van der Waals surface area (Å²) in [4.78, 5) is 23.4. The summed E-state index contributed by atoms with van der Waals surface area (Å²) in [6, 6.07) is 9.10. The highest BCUT2D eigenvalue weighted by Crippen LogP contribution is 2.17. The lowest BCUT2D eigenvalue weighted by Gasteiger charge is -2.26. The minimum absolute atomic E-state index is 0.248. The molecule has 1 N–H and O–H groups in total. The van der Waals surface area contributed by atoms with Crippen LogP contribution in [-0.2, 0) is 14.3 Å². The van der Waals surface area contributed by atoms with Crippen molar-refractivity contribution in [2.24, 2.45) is 0 Å². The first-order valence-electron chi connectivity index (χ1n) is 5.52. The van der Waals surface area contributed by atoms with E-state index in [0.29, 0.717) is 5.69 Å². The molecule has 92 valence electrons. The van der Waals surface area contributed by atoms with E-state index in [4.69, 9.17) is 4.74 Å². The summed E-state index contributed by atoms with van der Waals surface area (Å²) < 4.78 is 4.92. The van der Waals surface area contributed by atoms with Gasteiger partial charge in [-0.25, -0.2) is 4.79 Å². The maximum atomic E-state index is 11.8. The maximum Gasteiger partial charge on any atom is 0.339 e. The van der Waals surface area contributed by atoms with Gasteiger partial charge in [-0.1, -0.05) is 18.2 Å². The second kappa shape index (κ2) is 5.48. The topological polar surface area (TPSA) is 55.4 Å².